The second kappa shape index (κ2) is 17.4. The van der Waals surface area contributed by atoms with Gasteiger partial charge in [0.15, 0.2) is 140 Å². The smallest absolute Gasteiger partial charge is 0.206 e. The second-order valence-electron chi connectivity index (χ2n) is 13.7. The molecule has 0 spiro atoms. The first kappa shape index (κ1) is 50.8. The molecule has 0 nitrogen and oxygen atoms in total. The van der Waals surface area contributed by atoms with Gasteiger partial charge in [0.2, 0.25) is 14.6 Å². The molecule has 0 N–H and O–H groups in total. The molecule has 0 aliphatic carbocycles. The Kier molecular flexibility index (Phi) is 12.7. The predicted octanol–water partition coefficient (Wildman–Crippen LogP) is 11.2. The number of benzene rings is 8. The molecule has 0 atom stereocenters. The Labute approximate surface area is 365 Å². The normalized spacial score (nSPS) is 11.7. The quantitative estimate of drug-likeness (QED) is 0.0542. The van der Waals surface area contributed by atoms with E-state index in [-0.39, 0.29) is 7.28 Å². The van der Waals surface area contributed by atoms with Crippen LogP contribution >= 0.6 is 0 Å². The standard InChI is InChI=1S/C28BF18.C12BF10/c30-11-1-3(13(32)7-5(11)17(36)25(44)27(46)19(7)38)15(34)23(42)21(40)9(1)29-10-2-4(16(35)24(43)22(10)41)14(33)8-6(12(2)31)18(37)26(45)28(47)20(8)39;14-3-1(4(15)8(19)11(22)7(3)18)13-2-5(16)9(20)12(23)10(21)6(2)17. The fourth-order valence-electron chi connectivity index (χ4n) is 6.87. The molecular formula is C40B2F28. The largest absolute Gasteiger partial charge is 0.207 e. The Balaban J connectivity index is 0.000000263. The molecule has 70 heavy (non-hydrogen) atoms. The van der Waals surface area contributed by atoms with Gasteiger partial charge in [-0.15, -0.1) is 0 Å². The van der Waals surface area contributed by atoms with Crippen molar-refractivity contribution in [2.75, 3.05) is 0 Å². The SMILES string of the molecule is Fc1c(F)c(F)c([B]c2c(F)c(F)c(F)c(F)c2F)c(F)c1F.Fc1c(F)c(F)c2c(F)c3c([B]c4c(F)c(F)c(F)c5c(F)c6c(F)c(F)c(F)c(F)c6c(F)c45)c(F)c(F)c(F)c3c(F)c2c1F. The fraction of sp³-hybridized carbons (Fsp3) is 0. The van der Waals surface area contributed by atoms with Crippen molar-refractivity contribution >= 4 is 79.5 Å². The van der Waals surface area contributed by atoms with Crippen molar-refractivity contribution in [2.45, 2.75) is 0 Å². The van der Waals surface area contributed by atoms with Crippen LogP contribution in [0.25, 0.3) is 43.1 Å². The van der Waals surface area contributed by atoms with Crippen molar-refractivity contribution in [3.63, 3.8) is 0 Å². The van der Waals surface area contributed by atoms with Gasteiger partial charge in [-0.25, -0.2) is 123 Å². The lowest BCUT2D eigenvalue weighted by molar-refractivity contribution is 0.382. The molecule has 0 heterocycles. The Bertz CT molecular complexity index is 3410. The van der Waals surface area contributed by atoms with E-state index < -0.39 is 235 Å². The van der Waals surface area contributed by atoms with Gasteiger partial charge in [0, 0.05) is 10.8 Å². The zero-order valence-electron chi connectivity index (χ0n) is 31.7. The molecule has 0 bridgehead atoms. The van der Waals surface area contributed by atoms with Gasteiger partial charge in [-0.3, -0.25) is 0 Å². The van der Waals surface area contributed by atoms with Gasteiger partial charge in [0.25, 0.3) is 0 Å². The lowest BCUT2D eigenvalue weighted by Gasteiger charge is -2.18. The maximum absolute atomic E-state index is 15.7. The summed E-state index contributed by atoms with van der Waals surface area (Å²) in [4.78, 5) is 0. The summed E-state index contributed by atoms with van der Waals surface area (Å²) >= 11 is 0. The number of hydrogen-bond donors (Lipinski definition) is 0. The van der Waals surface area contributed by atoms with Gasteiger partial charge in [-0.05, 0) is 21.9 Å². The van der Waals surface area contributed by atoms with E-state index in [1.165, 1.54) is 0 Å². The van der Waals surface area contributed by atoms with Crippen LogP contribution in [0, 0.1) is 163 Å². The maximum Gasteiger partial charge on any atom is 0.207 e. The molecule has 0 saturated carbocycles. The molecule has 0 aliphatic heterocycles. The minimum atomic E-state index is -2.88. The summed E-state index contributed by atoms with van der Waals surface area (Å²) in [7, 11) is -0.919. The van der Waals surface area contributed by atoms with Crippen LogP contribution in [0.5, 0.6) is 0 Å². The number of hydrogen-bond acceptors (Lipinski definition) is 0. The molecule has 0 amide bonds. The highest BCUT2D eigenvalue weighted by Crippen LogP contribution is 2.40. The third kappa shape index (κ3) is 7.00. The summed E-state index contributed by atoms with van der Waals surface area (Å²) in [5.74, 6) is -74.4. The molecular weight excluding hydrogens is 1030 g/mol. The molecule has 0 saturated heterocycles. The average molecular weight is 1030 g/mol. The van der Waals surface area contributed by atoms with Gasteiger partial charge >= 0.3 is 0 Å². The van der Waals surface area contributed by atoms with Gasteiger partial charge in [-0.1, -0.05) is 0 Å². The summed E-state index contributed by atoms with van der Waals surface area (Å²) in [5, 5.41) is -17.6. The molecule has 0 aliphatic rings. The van der Waals surface area contributed by atoms with Crippen LogP contribution in [-0.4, -0.2) is 14.6 Å². The second-order valence-corrected chi connectivity index (χ2v) is 13.7. The van der Waals surface area contributed by atoms with Crippen molar-refractivity contribution < 1.29 is 123 Å². The zero-order chi connectivity index (χ0) is 52.5. The fourth-order valence-corrected chi connectivity index (χ4v) is 6.87. The van der Waals surface area contributed by atoms with Crippen molar-refractivity contribution in [3.05, 3.63) is 163 Å². The molecule has 8 aromatic carbocycles. The van der Waals surface area contributed by atoms with E-state index in [2.05, 4.69) is 0 Å². The summed E-state index contributed by atoms with van der Waals surface area (Å²) in [5.41, 5.74) is -7.98. The molecule has 8 rings (SSSR count). The van der Waals surface area contributed by atoms with Crippen LogP contribution < -0.4 is 21.9 Å². The van der Waals surface area contributed by atoms with E-state index >= 15 is 26.3 Å². The number of rotatable bonds is 4. The van der Waals surface area contributed by atoms with E-state index in [0.29, 0.717) is 0 Å². The zero-order valence-corrected chi connectivity index (χ0v) is 31.7. The monoisotopic (exact) mass is 1030 g/mol. The van der Waals surface area contributed by atoms with Crippen LogP contribution in [0.1, 0.15) is 0 Å². The molecule has 362 valence electrons. The Morgan fingerprint density at radius 1 is 0.114 bits per heavy atom. The molecule has 2 radical (unpaired) electrons. The Morgan fingerprint density at radius 2 is 0.243 bits per heavy atom. The van der Waals surface area contributed by atoms with E-state index in [1.54, 1.807) is 0 Å². The van der Waals surface area contributed by atoms with Crippen molar-refractivity contribution in [3.8, 4) is 0 Å². The Hall–Kier alpha value is -7.03. The van der Waals surface area contributed by atoms with Crippen LogP contribution in [0.4, 0.5) is 123 Å². The average Bonchev–Trinajstić information content (AvgIpc) is 3.33. The van der Waals surface area contributed by atoms with Gasteiger partial charge in [0.1, 0.15) is 23.3 Å². The van der Waals surface area contributed by atoms with Crippen molar-refractivity contribution in [1.29, 1.82) is 0 Å². The number of fused-ring (bicyclic) bond motifs is 4. The van der Waals surface area contributed by atoms with E-state index in [9.17, 15) is 96.6 Å². The molecule has 8 aromatic rings. The van der Waals surface area contributed by atoms with Gasteiger partial charge in [-0.2, -0.15) is 0 Å². The predicted molar refractivity (Wildman–Crippen MR) is 185 cm³/mol. The molecule has 30 heteroatoms. The highest BCUT2D eigenvalue weighted by Gasteiger charge is 2.38. The number of halogens is 28. The van der Waals surface area contributed by atoms with Gasteiger partial charge < -0.3 is 0 Å². The lowest BCUT2D eigenvalue weighted by atomic mass is 9.60. The lowest BCUT2D eigenvalue weighted by Crippen LogP contribution is -2.39. The highest BCUT2D eigenvalue weighted by molar-refractivity contribution is 6.72. The van der Waals surface area contributed by atoms with E-state index in [1.807, 2.05) is 0 Å². The minimum Gasteiger partial charge on any atom is -0.206 e. The first-order valence-corrected chi connectivity index (χ1v) is 17.4. The molecule has 0 fully saturated rings. The first-order valence-electron chi connectivity index (χ1n) is 17.4. The van der Waals surface area contributed by atoms with Crippen LogP contribution in [0.3, 0.4) is 0 Å². The minimum absolute atomic E-state index is 0.369. The summed E-state index contributed by atoms with van der Waals surface area (Å²) < 4.78 is 396. The van der Waals surface area contributed by atoms with Crippen LogP contribution in [0.15, 0.2) is 0 Å². The van der Waals surface area contributed by atoms with Gasteiger partial charge in [0.05, 0.1) is 32.3 Å². The van der Waals surface area contributed by atoms with Crippen LogP contribution in [-0.2, 0) is 0 Å². The molecule has 0 aromatic heterocycles. The molecule has 0 unspecified atom stereocenters. The maximum atomic E-state index is 15.7. The third-order valence-corrected chi connectivity index (χ3v) is 10.1. The summed E-state index contributed by atoms with van der Waals surface area (Å²) in [6.07, 6.45) is 0. The van der Waals surface area contributed by atoms with Crippen LogP contribution in [0.2, 0.25) is 0 Å². The first-order chi connectivity index (χ1) is 32.5. The van der Waals surface area contributed by atoms with Crippen molar-refractivity contribution in [1.82, 2.24) is 0 Å². The van der Waals surface area contributed by atoms with E-state index in [4.69, 9.17) is 0 Å². The third-order valence-electron chi connectivity index (χ3n) is 10.1. The summed E-state index contributed by atoms with van der Waals surface area (Å²) in [6, 6.07) is 0. The van der Waals surface area contributed by atoms with Crippen molar-refractivity contribution in [2.24, 2.45) is 0 Å². The van der Waals surface area contributed by atoms with E-state index in [0.717, 1.165) is 0 Å². The summed E-state index contributed by atoms with van der Waals surface area (Å²) in [6.45, 7) is 0. The topological polar surface area (TPSA) is 0 Å². The Morgan fingerprint density at radius 3 is 0.471 bits per heavy atom. The highest BCUT2D eigenvalue weighted by atomic mass is 19.2.